The molecule has 0 bridgehead atoms. The molecule has 0 radical (unpaired) electrons. The van der Waals surface area contributed by atoms with Crippen molar-refractivity contribution in [2.45, 2.75) is 58.9 Å². The van der Waals surface area contributed by atoms with E-state index in [1.807, 2.05) is 0 Å². The topological polar surface area (TPSA) is 24.7 Å². The SMILES string of the molecule is CCCC1=CC(CCCC(C)C)N=N1. The maximum absolute atomic E-state index is 4.26. The van der Waals surface area contributed by atoms with Crippen molar-refractivity contribution in [1.82, 2.24) is 0 Å². The highest BCUT2D eigenvalue weighted by Crippen LogP contribution is 2.21. The van der Waals surface area contributed by atoms with Gasteiger partial charge in [-0.1, -0.05) is 40.0 Å². The van der Waals surface area contributed by atoms with Crippen molar-refractivity contribution in [2.75, 3.05) is 0 Å². The van der Waals surface area contributed by atoms with Gasteiger partial charge in [0.1, 0.15) is 0 Å². The van der Waals surface area contributed by atoms with Crippen LogP contribution in [0.25, 0.3) is 0 Å². The van der Waals surface area contributed by atoms with E-state index in [0.29, 0.717) is 6.04 Å². The number of nitrogens with zero attached hydrogens (tertiary/aromatic N) is 2. The zero-order valence-corrected chi connectivity index (χ0v) is 9.66. The summed E-state index contributed by atoms with van der Waals surface area (Å²) in [4.78, 5) is 0. The van der Waals surface area contributed by atoms with Crippen LogP contribution in [0, 0.1) is 5.92 Å². The van der Waals surface area contributed by atoms with Crippen LogP contribution < -0.4 is 0 Å². The number of rotatable bonds is 6. The molecule has 0 aromatic heterocycles. The molecule has 1 atom stereocenters. The highest BCUT2D eigenvalue weighted by Gasteiger charge is 2.11. The number of azo groups is 1. The molecule has 0 aromatic carbocycles. The molecule has 0 saturated carbocycles. The summed E-state index contributed by atoms with van der Waals surface area (Å²) in [5.74, 6) is 0.812. The molecule has 2 nitrogen and oxygen atoms in total. The van der Waals surface area contributed by atoms with Gasteiger partial charge in [0.05, 0.1) is 11.7 Å². The summed E-state index contributed by atoms with van der Waals surface area (Å²) in [5.41, 5.74) is 1.20. The van der Waals surface area contributed by atoms with Crippen LogP contribution in [-0.4, -0.2) is 6.04 Å². The summed E-state index contributed by atoms with van der Waals surface area (Å²) in [6, 6.07) is 0.385. The molecule has 2 heteroatoms. The maximum Gasteiger partial charge on any atom is 0.0914 e. The van der Waals surface area contributed by atoms with Crippen molar-refractivity contribution >= 4 is 0 Å². The zero-order valence-electron chi connectivity index (χ0n) is 9.66. The van der Waals surface area contributed by atoms with Gasteiger partial charge >= 0.3 is 0 Å². The van der Waals surface area contributed by atoms with Gasteiger partial charge in [-0.25, -0.2) is 0 Å². The molecule has 1 rings (SSSR count). The smallest absolute Gasteiger partial charge is 0.0914 e. The average Bonchev–Trinajstić information content (AvgIpc) is 2.53. The summed E-state index contributed by atoms with van der Waals surface area (Å²) in [6.45, 7) is 6.73. The molecule has 1 aliphatic rings. The molecule has 1 heterocycles. The van der Waals surface area contributed by atoms with E-state index in [1.54, 1.807) is 0 Å². The Morgan fingerprint density at radius 3 is 2.86 bits per heavy atom. The predicted octanol–water partition coefficient (Wildman–Crippen LogP) is 4.33. The van der Waals surface area contributed by atoms with Crippen molar-refractivity contribution in [3.8, 4) is 0 Å². The standard InChI is InChI=1S/C12H22N2/c1-4-6-11-9-12(14-13-11)8-5-7-10(2)3/h9-10,12H,4-8H2,1-3H3. The first-order valence-corrected chi connectivity index (χ1v) is 5.84. The fraction of sp³-hybridized carbons (Fsp3) is 0.833. The van der Waals surface area contributed by atoms with Gasteiger partial charge in [-0.05, 0) is 24.8 Å². The Hall–Kier alpha value is -0.660. The van der Waals surface area contributed by atoms with Crippen LogP contribution in [0.15, 0.2) is 22.0 Å². The highest BCUT2D eigenvalue weighted by atomic mass is 15.1. The third kappa shape index (κ3) is 4.03. The maximum atomic E-state index is 4.26. The van der Waals surface area contributed by atoms with Crippen molar-refractivity contribution in [2.24, 2.45) is 16.1 Å². The van der Waals surface area contributed by atoms with Crippen LogP contribution in [0.2, 0.25) is 0 Å². The van der Waals surface area contributed by atoms with Crippen LogP contribution in [0.1, 0.15) is 52.9 Å². The van der Waals surface area contributed by atoms with Gasteiger partial charge in [0.15, 0.2) is 0 Å². The van der Waals surface area contributed by atoms with Crippen molar-refractivity contribution < 1.29 is 0 Å². The Morgan fingerprint density at radius 1 is 1.43 bits per heavy atom. The van der Waals surface area contributed by atoms with Crippen LogP contribution >= 0.6 is 0 Å². The van der Waals surface area contributed by atoms with E-state index in [1.165, 1.54) is 31.4 Å². The lowest BCUT2D eigenvalue weighted by molar-refractivity contribution is 0.522. The summed E-state index contributed by atoms with van der Waals surface area (Å²) in [6.07, 6.45) is 8.26. The van der Waals surface area contributed by atoms with E-state index in [0.717, 1.165) is 12.3 Å². The molecule has 0 amide bonds. The monoisotopic (exact) mass is 194 g/mol. The Morgan fingerprint density at radius 2 is 2.21 bits per heavy atom. The van der Waals surface area contributed by atoms with Gasteiger partial charge in [0, 0.05) is 0 Å². The van der Waals surface area contributed by atoms with Gasteiger partial charge in [-0.3, -0.25) is 0 Å². The third-order valence-electron chi connectivity index (χ3n) is 2.51. The third-order valence-corrected chi connectivity index (χ3v) is 2.51. The molecule has 14 heavy (non-hydrogen) atoms. The van der Waals surface area contributed by atoms with E-state index >= 15 is 0 Å². The van der Waals surface area contributed by atoms with Crippen molar-refractivity contribution in [1.29, 1.82) is 0 Å². The Kier molecular flexibility index (Phi) is 4.85. The molecule has 0 aromatic rings. The molecule has 80 valence electrons. The lowest BCUT2D eigenvalue weighted by Gasteiger charge is -2.05. The second kappa shape index (κ2) is 5.94. The first-order chi connectivity index (χ1) is 6.72. The van der Waals surface area contributed by atoms with Gasteiger partial charge < -0.3 is 0 Å². The van der Waals surface area contributed by atoms with E-state index in [4.69, 9.17) is 0 Å². The molecule has 0 spiro atoms. The quantitative estimate of drug-likeness (QED) is 0.601. The van der Waals surface area contributed by atoms with E-state index in [2.05, 4.69) is 37.1 Å². The van der Waals surface area contributed by atoms with E-state index in [9.17, 15) is 0 Å². The van der Waals surface area contributed by atoms with Gasteiger partial charge in [-0.15, -0.1) is 0 Å². The molecule has 0 fully saturated rings. The minimum atomic E-state index is 0.385. The normalized spacial score (nSPS) is 20.6. The summed E-state index contributed by atoms with van der Waals surface area (Å²) in [7, 11) is 0. The highest BCUT2D eigenvalue weighted by molar-refractivity contribution is 5.09. The number of allylic oxidation sites excluding steroid dienone is 1. The second-order valence-corrected chi connectivity index (χ2v) is 4.52. The number of hydrogen-bond acceptors (Lipinski definition) is 2. The predicted molar refractivity (Wildman–Crippen MR) is 60.3 cm³/mol. The van der Waals surface area contributed by atoms with Crippen molar-refractivity contribution in [3.63, 3.8) is 0 Å². The molecule has 0 N–H and O–H groups in total. The van der Waals surface area contributed by atoms with Crippen LogP contribution in [-0.2, 0) is 0 Å². The zero-order chi connectivity index (χ0) is 10.4. The minimum Gasteiger partial charge on any atom is -0.181 e. The summed E-state index contributed by atoms with van der Waals surface area (Å²) in [5, 5.41) is 8.46. The molecular formula is C12H22N2. The molecule has 0 aliphatic carbocycles. The summed E-state index contributed by atoms with van der Waals surface area (Å²) >= 11 is 0. The second-order valence-electron chi connectivity index (χ2n) is 4.52. The fourth-order valence-electron chi connectivity index (χ4n) is 1.70. The molecule has 0 saturated heterocycles. The summed E-state index contributed by atoms with van der Waals surface area (Å²) < 4.78 is 0. The van der Waals surface area contributed by atoms with Crippen LogP contribution in [0.3, 0.4) is 0 Å². The van der Waals surface area contributed by atoms with Gasteiger partial charge in [-0.2, -0.15) is 10.2 Å². The fourth-order valence-corrected chi connectivity index (χ4v) is 1.70. The molecule has 1 aliphatic heterocycles. The molecular weight excluding hydrogens is 172 g/mol. The molecule has 1 unspecified atom stereocenters. The largest absolute Gasteiger partial charge is 0.181 e. The van der Waals surface area contributed by atoms with Gasteiger partial charge in [0.2, 0.25) is 0 Å². The van der Waals surface area contributed by atoms with Gasteiger partial charge in [0.25, 0.3) is 0 Å². The van der Waals surface area contributed by atoms with Crippen molar-refractivity contribution in [3.05, 3.63) is 11.8 Å². The Labute approximate surface area is 87.5 Å². The van der Waals surface area contributed by atoms with Crippen LogP contribution in [0.4, 0.5) is 0 Å². The van der Waals surface area contributed by atoms with Crippen LogP contribution in [0.5, 0.6) is 0 Å². The first kappa shape index (κ1) is 11.4. The lowest BCUT2D eigenvalue weighted by Crippen LogP contribution is -1.98. The lowest BCUT2D eigenvalue weighted by atomic mass is 10.0. The Balaban J connectivity index is 2.19. The first-order valence-electron chi connectivity index (χ1n) is 5.84. The number of hydrogen-bond donors (Lipinski definition) is 0. The average molecular weight is 194 g/mol. The Bertz CT molecular complexity index is 216. The van der Waals surface area contributed by atoms with E-state index in [-0.39, 0.29) is 0 Å². The minimum absolute atomic E-state index is 0.385. The van der Waals surface area contributed by atoms with E-state index < -0.39 is 0 Å².